The molecule has 1 aliphatic rings. The minimum Gasteiger partial charge on any atom is -0.486 e. The SMILES string of the molecule is Cc1ccc(N2C(=O)NC(=O)/C(=C\c3cc(Cl)c(OCc4ccc(Br)cc4)c(Cl)c3)C2=O)cc1C. The van der Waals surface area contributed by atoms with E-state index in [1.54, 1.807) is 18.2 Å². The Morgan fingerprint density at radius 1 is 0.943 bits per heavy atom. The number of anilines is 1. The minimum absolute atomic E-state index is 0.215. The van der Waals surface area contributed by atoms with E-state index in [2.05, 4.69) is 21.2 Å². The Bertz CT molecular complexity index is 1360. The van der Waals surface area contributed by atoms with Crippen molar-refractivity contribution in [2.24, 2.45) is 0 Å². The molecule has 6 nitrogen and oxygen atoms in total. The molecule has 4 amide bonds. The third kappa shape index (κ3) is 5.42. The second-order valence-electron chi connectivity index (χ2n) is 7.96. The lowest BCUT2D eigenvalue weighted by molar-refractivity contribution is -0.122. The second kappa shape index (κ2) is 10.2. The summed E-state index contributed by atoms with van der Waals surface area (Å²) in [6.45, 7) is 4.05. The Labute approximate surface area is 220 Å². The molecule has 9 heteroatoms. The molecule has 3 aromatic carbocycles. The summed E-state index contributed by atoms with van der Waals surface area (Å²) in [5.74, 6) is -1.27. The van der Waals surface area contributed by atoms with Crippen LogP contribution in [-0.4, -0.2) is 17.8 Å². The van der Waals surface area contributed by atoms with E-state index in [9.17, 15) is 14.4 Å². The van der Waals surface area contributed by atoms with Crippen molar-refractivity contribution in [3.63, 3.8) is 0 Å². The zero-order valence-corrected chi connectivity index (χ0v) is 21.8. The largest absolute Gasteiger partial charge is 0.486 e. The lowest BCUT2D eigenvalue weighted by Crippen LogP contribution is -2.54. The van der Waals surface area contributed by atoms with Crippen LogP contribution >= 0.6 is 39.1 Å². The molecule has 0 unspecified atom stereocenters. The fraction of sp³-hybridized carbons (Fsp3) is 0.115. The minimum atomic E-state index is -0.812. The van der Waals surface area contributed by atoms with Gasteiger partial charge in [0.15, 0.2) is 5.75 Å². The van der Waals surface area contributed by atoms with Gasteiger partial charge < -0.3 is 4.74 Å². The van der Waals surface area contributed by atoms with Gasteiger partial charge in [-0.25, -0.2) is 9.69 Å². The number of barbiturate groups is 1. The number of hydrogen-bond donors (Lipinski definition) is 1. The smallest absolute Gasteiger partial charge is 0.335 e. The first kappa shape index (κ1) is 25.0. The molecular weight excluding hydrogens is 555 g/mol. The van der Waals surface area contributed by atoms with Crippen molar-refractivity contribution in [2.45, 2.75) is 20.5 Å². The average Bonchev–Trinajstić information content (AvgIpc) is 2.79. The number of aryl methyl sites for hydroxylation is 2. The van der Waals surface area contributed by atoms with Gasteiger partial charge in [-0.1, -0.05) is 57.3 Å². The number of nitrogens with one attached hydrogen (secondary N) is 1. The molecule has 0 radical (unpaired) electrons. The molecule has 0 aliphatic carbocycles. The monoisotopic (exact) mass is 572 g/mol. The number of imide groups is 2. The van der Waals surface area contributed by atoms with E-state index < -0.39 is 17.8 Å². The van der Waals surface area contributed by atoms with Crippen molar-refractivity contribution >= 4 is 68.7 Å². The Morgan fingerprint density at radius 3 is 2.23 bits per heavy atom. The van der Waals surface area contributed by atoms with Gasteiger partial charge in [0.1, 0.15) is 12.2 Å². The van der Waals surface area contributed by atoms with Crippen molar-refractivity contribution in [3.05, 3.63) is 96.9 Å². The van der Waals surface area contributed by atoms with Gasteiger partial charge in [-0.2, -0.15) is 0 Å². The maximum atomic E-state index is 13.1. The highest BCUT2D eigenvalue weighted by Crippen LogP contribution is 2.36. The Kier molecular flexibility index (Phi) is 7.31. The second-order valence-corrected chi connectivity index (χ2v) is 9.69. The normalized spacial score (nSPS) is 14.9. The maximum absolute atomic E-state index is 13.1. The standard InChI is InChI=1S/C26H19BrCl2N2O4/c1-14-3-8-19(9-15(14)2)31-25(33)20(24(32)30-26(31)34)10-17-11-21(28)23(22(29)12-17)35-13-16-4-6-18(27)7-5-16/h3-12H,13H2,1-2H3,(H,30,32,34)/b20-10+. The number of carbonyl (C=O) groups excluding carboxylic acids is 3. The Morgan fingerprint density at radius 2 is 1.60 bits per heavy atom. The zero-order chi connectivity index (χ0) is 25.3. The molecule has 0 bridgehead atoms. The van der Waals surface area contributed by atoms with Gasteiger partial charge in [-0.15, -0.1) is 0 Å². The van der Waals surface area contributed by atoms with Crippen LogP contribution in [0.4, 0.5) is 10.5 Å². The quantitative estimate of drug-likeness (QED) is 0.275. The first-order chi connectivity index (χ1) is 16.6. The fourth-order valence-electron chi connectivity index (χ4n) is 3.46. The molecule has 0 spiro atoms. The highest BCUT2D eigenvalue weighted by molar-refractivity contribution is 9.10. The topological polar surface area (TPSA) is 75.7 Å². The number of nitrogens with zero attached hydrogens (tertiary/aromatic N) is 1. The summed E-state index contributed by atoms with van der Waals surface area (Å²) in [6, 6.07) is 15.0. The van der Waals surface area contributed by atoms with E-state index >= 15 is 0 Å². The molecule has 178 valence electrons. The van der Waals surface area contributed by atoms with Gasteiger partial charge in [0.25, 0.3) is 11.8 Å². The van der Waals surface area contributed by atoms with Gasteiger partial charge in [0, 0.05) is 4.47 Å². The van der Waals surface area contributed by atoms with E-state index in [1.165, 1.54) is 18.2 Å². The first-order valence-corrected chi connectivity index (χ1v) is 12.0. The van der Waals surface area contributed by atoms with Crippen molar-refractivity contribution in [2.75, 3.05) is 4.90 Å². The average molecular weight is 574 g/mol. The first-order valence-electron chi connectivity index (χ1n) is 10.5. The van der Waals surface area contributed by atoms with Gasteiger partial charge in [-0.3, -0.25) is 14.9 Å². The van der Waals surface area contributed by atoms with Crippen molar-refractivity contribution in [1.82, 2.24) is 5.32 Å². The number of halogens is 3. The lowest BCUT2D eigenvalue weighted by Gasteiger charge is -2.27. The predicted octanol–water partition coefficient (Wildman–Crippen LogP) is 6.62. The van der Waals surface area contributed by atoms with Crippen LogP contribution in [-0.2, 0) is 16.2 Å². The summed E-state index contributed by atoms with van der Waals surface area (Å²) < 4.78 is 6.74. The van der Waals surface area contributed by atoms with Crippen molar-refractivity contribution < 1.29 is 19.1 Å². The number of amides is 4. The molecule has 4 rings (SSSR count). The molecule has 35 heavy (non-hydrogen) atoms. The summed E-state index contributed by atoms with van der Waals surface area (Å²) in [5, 5.41) is 2.64. The molecule has 1 saturated heterocycles. The van der Waals surface area contributed by atoms with E-state index in [-0.39, 0.29) is 28.0 Å². The zero-order valence-electron chi connectivity index (χ0n) is 18.7. The van der Waals surface area contributed by atoms with E-state index in [4.69, 9.17) is 27.9 Å². The molecule has 1 N–H and O–H groups in total. The van der Waals surface area contributed by atoms with Crippen LogP contribution in [0.3, 0.4) is 0 Å². The van der Waals surface area contributed by atoms with Crippen LogP contribution in [0.15, 0.2) is 64.6 Å². The summed E-state index contributed by atoms with van der Waals surface area (Å²) in [4.78, 5) is 39.0. The van der Waals surface area contributed by atoms with Crippen LogP contribution < -0.4 is 15.0 Å². The predicted molar refractivity (Wildman–Crippen MR) is 140 cm³/mol. The Balaban J connectivity index is 1.61. The van der Waals surface area contributed by atoms with Crippen molar-refractivity contribution in [3.8, 4) is 5.75 Å². The molecule has 0 atom stereocenters. The summed E-state index contributed by atoms with van der Waals surface area (Å²) in [5.41, 5.74) is 3.39. The van der Waals surface area contributed by atoms with E-state index in [0.29, 0.717) is 11.3 Å². The third-order valence-corrected chi connectivity index (χ3v) is 6.57. The number of urea groups is 1. The summed E-state index contributed by atoms with van der Waals surface area (Å²) >= 11 is 16.2. The number of hydrogen-bond acceptors (Lipinski definition) is 4. The van der Waals surface area contributed by atoms with Gasteiger partial charge in [0.2, 0.25) is 0 Å². The maximum Gasteiger partial charge on any atom is 0.335 e. The highest BCUT2D eigenvalue weighted by Gasteiger charge is 2.37. The van der Waals surface area contributed by atoms with Crippen LogP contribution in [0.25, 0.3) is 6.08 Å². The number of rotatable bonds is 5. The number of ether oxygens (including phenoxy) is 1. The van der Waals surface area contributed by atoms with Gasteiger partial charge in [-0.05, 0) is 78.6 Å². The Hall–Kier alpha value is -3.13. The molecule has 1 heterocycles. The van der Waals surface area contributed by atoms with Crippen molar-refractivity contribution in [1.29, 1.82) is 0 Å². The van der Waals surface area contributed by atoms with Crippen LogP contribution in [0.1, 0.15) is 22.3 Å². The number of carbonyl (C=O) groups is 3. The molecule has 0 aromatic heterocycles. The van der Waals surface area contributed by atoms with Crippen LogP contribution in [0.2, 0.25) is 10.0 Å². The van der Waals surface area contributed by atoms with Crippen LogP contribution in [0, 0.1) is 13.8 Å². The molecule has 1 fully saturated rings. The van der Waals surface area contributed by atoms with Gasteiger partial charge in [0.05, 0.1) is 15.7 Å². The highest BCUT2D eigenvalue weighted by atomic mass is 79.9. The summed E-state index contributed by atoms with van der Waals surface area (Å²) in [7, 11) is 0. The third-order valence-electron chi connectivity index (χ3n) is 5.48. The van der Waals surface area contributed by atoms with E-state index in [0.717, 1.165) is 26.1 Å². The van der Waals surface area contributed by atoms with Crippen LogP contribution in [0.5, 0.6) is 5.75 Å². The molecule has 3 aromatic rings. The summed E-state index contributed by atoms with van der Waals surface area (Å²) in [6.07, 6.45) is 1.34. The van der Waals surface area contributed by atoms with Gasteiger partial charge >= 0.3 is 6.03 Å². The fourth-order valence-corrected chi connectivity index (χ4v) is 4.34. The number of benzene rings is 3. The lowest BCUT2D eigenvalue weighted by atomic mass is 10.0. The van der Waals surface area contributed by atoms with E-state index in [1.807, 2.05) is 38.1 Å². The molecular formula is C26H19BrCl2N2O4. The molecule has 1 aliphatic heterocycles. The molecule has 0 saturated carbocycles.